The molecule has 1 aliphatic heterocycles. The summed E-state index contributed by atoms with van der Waals surface area (Å²) in [6.45, 7) is 0. The van der Waals surface area contributed by atoms with Crippen molar-refractivity contribution in [2.24, 2.45) is 4.99 Å². The first-order valence-corrected chi connectivity index (χ1v) is 8.13. The summed E-state index contributed by atoms with van der Waals surface area (Å²) in [6, 6.07) is 14.4. The molecule has 0 aliphatic carbocycles. The molecule has 3 rings (SSSR count). The van der Waals surface area contributed by atoms with Crippen LogP contribution in [0.25, 0.3) is 0 Å². The zero-order valence-corrected chi connectivity index (χ0v) is 15.9. The molecule has 25 heavy (non-hydrogen) atoms. The lowest BCUT2D eigenvalue weighted by Crippen LogP contribution is -2.08. The highest BCUT2D eigenvalue weighted by molar-refractivity contribution is 8.93. The number of para-hydroxylation sites is 1. The minimum absolute atomic E-state index is 0. The van der Waals surface area contributed by atoms with Gasteiger partial charge < -0.3 is 4.90 Å². The summed E-state index contributed by atoms with van der Waals surface area (Å²) in [7, 11) is 2.05. The molecule has 0 spiro atoms. The summed E-state index contributed by atoms with van der Waals surface area (Å²) in [4.78, 5) is 17.8. The molecule has 0 aromatic heterocycles. The van der Waals surface area contributed by atoms with Gasteiger partial charge in [-0.25, -0.2) is 0 Å². The van der Waals surface area contributed by atoms with Crippen LogP contribution in [0.3, 0.4) is 0 Å². The maximum absolute atomic E-state index is 10.6. The molecule has 5 nitrogen and oxygen atoms in total. The Bertz CT molecular complexity index is 848. The van der Waals surface area contributed by atoms with Crippen molar-refractivity contribution in [3.05, 3.63) is 81.9 Å². The predicted octanol–water partition coefficient (Wildman–Crippen LogP) is 5.51. The molecule has 0 radical (unpaired) electrons. The first kappa shape index (κ1) is 19.0. The largest absolute Gasteiger partial charge is 0.338 e. The molecule has 0 N–H and O–H groups in total. The van der Waals surface area contributed by atoms with Gasteiger partial charge in [-0.2, -0.15) is 0 Å². The number of allylic oxidation sites excluding steroid dienone is 3. The van der Waals surface area contributed by atoms with E-state index in [-0.39, 0.29) is 22.7 Å². The molecule has 0 unspecified atom stereocenters. The van der Waals surface area contributed by atoms with Crippen LogP contribution in [0.5, 0.6) is 0 Å². The van der Waals surface area contributed by atoms with E-state index in [2.05, 4.69) is 22.0 Å². The fraction of sp³-hybridized carbons (Fsp3) is 0.0556. The number of thioether (sulfide) groups is 1. The van der Waals surface area contributed by atoms with Gasteiger partial charge >= 0.3 is 0 Å². The van der Waals surface area contributed by atoms with Crippen LogP contribution < -0.4 is 4.90 Å². The monoisotopic (exact) mass is 417 g/mol. The number of rotatable bonds is 4. The average molecular weight is 418 g/mol. The van der Waals surface area contributed by atoms with Crippen molar-refractivity contribution in [2.75, 3.05) is 11.9 Å². The van der Waals surface area contributed by atoms with E-state index < -0.39 is 4.92 Å². The molecule has 1 heterocycles. The zero-order chi connectivity index (χ0) is 16.9. The SMILES string of the molecule is Br.CN1/C(=C\C=C\C=Nc2ccc([N+](=O)[O-])cc2)Sc2ccccc21. The van der Waals surface area contributed by atoms with E-state index in [4.69, 9.17) is 0 Å². The molecule has 1 aliphatic rings. The Morgan fingerprint density at radius 1 is 1.12 bits per heavy atom. The van der Waals surface area contributed by atoms with Gasteiger partial charge in [0.2, 0.25) is 0 Å². The van der Waals surface area contributed by atoms with Crippen LogP contribution in [-0.2, 0) is 0 Å². The van der Waals surface area contributed by atoms with Crippen molar-refractivity contribution in [3.63, 3.8) is 0 Å². The van der Waals surface area contributed by atoms with Gasteiger partial charge in [0.15, 0.2) is 0 Å². The van der Waals surface area contributed by atoms with Gasteiger partial charge in [-0.3, -0.25) is 15.1 Å². The Kier molecular flexibility index (Phi) is 6.55. The summed E-state index contributed by atoms with van der Waals surface area (Å²) >= 11 is 1.73. The highest BCUT2D eigenvalue weighted by Gasteiger charge is 2.20. The zero-order valence-electron chi connectivity index (χ0n) is 13.4. The van der Waals surface area contributed by atoms with E-state index in [1.54, 1.807) is 30.1 Å². The summed E-state index contributed by atoms with van der Waals surface area (Å²) in [5, 5.41) is 11.7. The number of benzene rings is 2. The number of hydrogen-bond donors (Lipinski definition) is 0. The van der Waals surface area contributed by atoms with Crippen LogP contribution in [-0.4, -0.2) is 18.2 Å². The normalized spacial score (nSPS) is 14.9. The Balaban J connectivity index is 0.00000225. The quantitative estimate of drug-likeness (QED) is 0.373. The molecule has 128 valence electrons. The molecule has 0 atom stereocenters. The van der Waals surface area contributed by atoms with Crippen molar-refractivity contribution < 1.29 is 4.92 Å². The first-order chi connectivity index (χ1) is 11.6. The third kappa shape index (κ3) is 4.58. The maximum Gasteiger partial charge on any atom is 0.269 e. The van der Waals surface area contributed by atoms with Crippen LogP contribution >= 0.6 is 28.7 Å². The fourth-order valence-corrected chi connectivity index (χ4v) is 3.31. The number of fused-ring (bicyclic) bond motifs is 1. The number of aliphatic imine (C=N–C) groups is 1. The Morgan fingerprint density at radius 3 is 2.52 bits per heavy atom. The summed E-state index contributed by atoms with van der Waals surface area (Å²) in [5.74, 6) is 0. The van der Waals surface area contributed by atoms with E-state index in [0.29, 0.717) is 5.69 Å². The number of nitro groups is 1. The van der Waals surface area contributed by atoms with Crippen LogP contribution in [0.1, 0.15) is 0 Å². The summed E-state index contributed by atoms with van der Waals surface area (Å²) in [6.07, 6.45) is 7.48. The molecule has 0 bridgehead atoms. The third-order valence-electron chi connectivity index (χ3n) is 3.49. The Morgan fingerprint density at radius 2 is 1.84 bits per heavy atom. The standard InChI is InChI=1S/C18H15N3O2S.BrH/c1-20-16-6-2-3-7-17(16)24-18(20)8-4-5-13-19-14-9-11-15(12-10-14)21(22)23;/h2-13H,1H3;1H/b5-4+,18-8+,19-13?;. The molecule has 0 saturated heterocycles. The van der Waals surface area contributed by atoms with Gasteiger partial charge in [-0.15, -0.1) is 17.0 Å². The molecule has 2 aromatic rings. The van der Waals surface area contributed by atoms with Crippen molar-refractivity contribution >= 4 is 52.0 Å². The van der Waals surface area contributed by atoms with Crippen molar-refractivity contribution in [2.45, 2.75) is 4.90 Å². The van der Waals surface area contributed by atoms with Gasteiger partial charge in [-0.05, 0) is 36.4 Å². The van der Waals surface area contributed by atoms with Crippen molar-refractivity contribution in [1.29, 1.82) is 0 Å². The van der Waals surface area contributed by atoms with Crippen molar-refractivity contribution in [1.82, 2.24) is 0 Å². The Hall–Kier alpha value is -2.38. The van der Waals surface area contributed by atoms with Gasteiger partial charge in [0.1, 0.15) is 0 Å². The third-order valence-corrected chi connectivity index (χ3v) is 4.68. The number of hydrogen-bond acceptors (Lipinski definition) is 5. The fourth-order valence-electron chi connectivity index (χ4n) is 2.24. The van der Waals surface area contributed by atoms with Crippen LogP contribution in [0.2, 0.25) is 0 Å². The molecule has 7 heteroatoms. The Labute approximate surface area is 160 Å². The minimum atomic E-state index is -0.423. The van der Waals surface area contributed by atoms with Crippen LogP contribution in [0.15, 0.2) is 81.7 Å². The van der Waals surface area contributed by atoms with Crippen molar-refractivity contribution in [3.8, 4) is 0 Å². The van der Waals surface area contributed by atoms with E-state index in [0.717, 1.165) is 5.03 Å². The van der Waals surface area contributed by atoms with E-state index in [1.165, 1.54) is 22.7 Å². The highest BCUT2D eigenvalue weighted by Crippen LogP contribution is 2.44. The molecular formula is C18H16BrN3O2S. The van der Waals surface area contributed by atoms with E-state index in [9.17, 15) is 10.1 Å². The van der Waals surface area contributed by atoms with Gasteiger partial charge in [0, 0.05) is 30.3 Å². The number of non-ortho nitro benzene ring substituents is 1. The van der Waals surface area contributed by atoms with Crippen LogP contribution in [0.4, 0.5) is 17.1 Å². The highest BCUT2D eigenvalue weighted by atomic mass is 79.9. The lowest BCUT2D eigenvalue weighted by Gasteiger charge is -2.12. The number of anilines is 1. The second-order valence-electron chi connectivity index (χ2n) is 5.07. The lowest BCUT2D eigenvalue weighted by molar-refractivity contribution is -0.384. The summed E-state index contributed by atoms with van der Waals surface area (Å²) < 4.78 is 0. The number of nitrogens with zero attached hydrogens (tertiary/aromatic N) is 3. The maximum atomic E-state index is 10.6. The van der Waals surface area contributed by atoms with Gasteiger partial charge in [0.25, 0.3) is 5.69 Å². The van der Waals surface area contributed by atoms with Crippen LogP contribution in [0, 0.1) is 10.1 Å². The lowest BCUT2D eigenvalue weighted by atomic mass is 10.3. The van der Waals surface area contributed by atoms with E-state index >= 15 is 0 Å². The smallest absolute Gasteiger partial charge is 0.269 e. The molecule has 0 amide bonds. The summed E-state index contributed by atoms with van der Waals surface area (Å²) in [5.41, 5.74) is 1.95. The van der Waals surface area contributed by atoms with Gasteiger partial charge in [-0.1, -0.05) is 30.0 Å². The topological polar surface area (TPSA) is 58.7 Å². The van der Waals surface area contributed by atoms with Gasteiger partial charge in [0.05, 0.1) is 21.3 Å². The predicted molar refractivity (Wildman–Crippen MR) is 109 cm³/mol. The second-order valence-corrected chi connectivity index (χ2v) is 6.13. The molecule has 2 aromatic carbocycles. The molecule has 0 saturated carbocycles. The molecule has 0 fully saturated rings. The number of nitro benzene ring substituents is 1. The average Bonchev–Trinajstić information content (AvgIpc) is 2.91. The number of halogens is 1. The first-order valence-electron chi connectivity index (χ1n) is 7.31. The molecular weight excluding hydrogens is 402 g/mol. The second kappa shape index (κ2) is 8.64. The minimum Gasteiger partial charge on any atom is -0.338 e. The van der Waals surface area contributed by atoms with E-state index in [1.807, 2.05) is 37.4 Å².